The van der Waals surface area contributed by atoms with Crippen LogP contribution < -0.4 is 14.8 Å². The predicted molar refractivity (Wildman–Crippen MR) is 112 cm³/mol. The summed E-state index contributed by atoms with van der Waals surface area (Å²) in [6.45, 7) is 4.32. The van der Waals surface area contributed by atoms with Gasteiger partial charge >= 0.3 is 5.97 Å². The van der Waals surface area contributed by atoms with E-state index in [9.17, 15) is 9.59 Å². The van der Waals surface area contributed by atoms with Gasteiger partial charge in [-0.05, 0) is 44.2 Å². The Balaban J connectivity index is 1.68. The van der Waals surface area contributed by atoms with E-state index in [0.29, 0.717) is 46.9 Å². The number of esters is 1. The monoisotopic (exact) mass is 406 g/mol. The summed E-state index contributed by atoms with van der Waals surface area (Å²) in [4.78, 5) is 29.4. The lowest BCUT2D eigenvalue weighted by Gasteiger charge is -2.19. The molecule has 0 bridgehead atoms. The topological polar surface area (TPSA) is 86.8 Å². The second-order valence-electron chi connectivity index (χ2n) is 7.15. The van der Waals surface area contributed by atoms with Gasteiger partial charge in [0.2, 0.25) is 0 Å². The first kappa shape index (κ1) is 19.7. The highest BCUT2D eigenvalue weighted by Gasteiger charge is 2.17. The van der Waals surface area contributed by atoms with Crippen LogP contribution in [-0.2, 0) is 9.53 Å². The van der Waals surface area contributed by atoms with Crippen LogP contribution in [0.2, 0.25) is 0 Å². The fraction of sp³-hybridized carbons (Fsp3) is 0.261. The summed E-state index contributed by atoms with van der Waals surface area (Å²) in [6, 6.07) is 14.7. The molecule has 3 aromatic rings. The molecule has 0 unspecified atom stereocenters. The third kappa shape index (κ3) is 4.20. The minimum Gasteiger partial charge on any atom is -0.486 e. The van der Waals surface area contributed by atoms with Gasteiger partial charge in [-0.1, -0.05) is 18.2 Å². The first-order chi connectivity index (χ1) is 14.5. The Kier molecular flexibility index (Phi) is 5.52. The van der Waals surface area contributed by atoms with E-state index in [0.717, 1.165) is 5.56 Å². The SMILES string of the molecule is CC(C)OC(=O)CNC(=O)c1cc(-c2ccc3c(c2)OCCO3)nc2ccccc12. The molecule has 30 heavy (non-hydrogen) atoms. The zero-order valence-electron chi connectivity index (χ0n) is 16.8. The first-order valence-corrected chi connectivity index (χ1v) is 9.79. The normalized spacial score (nSPS) is 12.6. The van der Waals surface area contributed by atoms with E-state index >= 15 is 0 Å². The van der Waals surface area contributed by atoms with Gasteiger partial charge in [0.15, 0.2) is 11.5 Å². The van der Waals surface area contributed by atoms with Crippen molar-refractivity contribution >= 4 is 22.8 Å². The number of ether oxygens (including phenoxy) is 3. The molecular formula is C23H22N2O5. The molecule has 0 spiro atoms. The van der Waals surface area contributed by atoms with Gasteiger partial charge in [0.1, 0.15) is 19.8 Å². The van der Waals surface area contributed by atoms with Crippen LogP contribution in [-0.4, -0.2) is 42.7 Å². The number of aromatic nitrogens is 1. The molecule has 7 nitrogen and oxygen atoms in total. The van der Waals surface area contributed by atoms with Crippen molar-refractivity contribution in [2.24, 2.45) is 0 Å². The fourth-order valence-corrected chi connectivity index (χ4v) is 3.27. The van der Waals surface area contributed by atoms with E-state index in [2.05, 4.69) is 5.32 Å². The molecule has 7 heteroatoms. The number of hydrogen-bond donors (Lipinski definition) is 1. The van der Waals surface area contributed by atoms with Crippen LogP contribution in [0.25, 0.3) is 22.2 Å². The minimum absolute atomic E-state index is 0.201. The van der Waals surface area contributed by atoms with Gasteiger partial charge in [0.25, 0.3) is 5.91 Å². The van der Waals surface area contributed by atoms with E-state index in [1.165, 1.54) is 0 Å². The molecular weight excluding hydrogens is 384 g/mol. The molecule has 0 fully saturated rings. The molecule has 0 saturated carbocycles. The molecule has 0 radical (unpaired) electrons. The van der Waals surface area contributed by atoms with Crippen molar-refractivity contribution in [1.29, 1.82) is 0 Å². The zero-order chi connectivity index (χ0) is 21.1. The molecule has 0 atom stereocenters. The van der Waals surface area contributed by atoms with Gasteiger partial charge in [-0.25, -0.2) is 4.98 Å². The molecule has 1 aromatic heterocycles. The molecule has 2 heterocycles. The average Bonchev–Trinajstić information content (AvgIpc) is 2.76. The number of carbonyl (C=O) groups excluding carboxylic acids is 2. The highest BCUT2D eigenvalue weighted by atomic mass is 16.6. The van der Waals surface area contributed by atoms with Crippen LogP contribution in [0, 0.1) is 0 Å². The van der Waals surface area contributed by atoms with Gasteiger partial charge in [0.05, 0.1) is 22.9 Å². The number of nitrogens with one attached hydrogen (secondary N) is 1. The summed E-state index contributed by atoms with van der Waals surface area (Å²) >= 11 is 0. The lowest BCUT2D eigenvalue weighted by Crippen LogP contribution is -2.31. The van der Waals surface area contributed by atoms with Crippen LogP contribution in [0.3, 0.4) is 0 Å². The first-order valence-electron chi connectivity index (χ1n) is 9.79. The average molecular weight is 406 g/mol. The summed E-state index contributed by atoms with van der Waals surface area (Å²) in [5.41, 5.74) is 2.54. The number of rotatable bonds is 5. The predicted octanol–water partition coefficient (Wildman–Crippen LogP) is 3.35. The van der Waals surface area contributed by atoms with Crippen molar-refractivity contribution < 1.29 is 23.8 Å². The summed E-state index contributed by atoms with van der Waals surface area (Å²) in [5, 5.41) is 3.34. The van der Waals surface area contributed by atoms with E-state index < -0.39 is 5.97 Å². The summed E-state index contributed by atoms with van der Waals surface area (Å²) in [7, 11) is 0. The van der Waals surface area contributed by atoms with E-state index in [-0.39, 0.29) is 18.6 Å². The maximum absolute atomic E-state index is 12.9. The maximum Gasteiger partial charge on any atom is 0.325 e. The summed E-state index contributed by atoms with van der Waals surface area (Å²) < 4.78 is 16.3. The Morgan fingerprint density at radius 1 is 1.07 bits per heavy atom. The molecule has 0 saturated heterocycles. The molecule has 1 aliphatic rings. The van der Waals surface area contributed by atoms with Crippen molar-refractivity contribution in [3.05, 3.63) is 54.1 Å². The molecule has 1 N–H and O–H groups in total. The molecule has 2 aromatic carbocycles. The van der Waals surface area contributed by atoms with Crippen LogP contribution in [0.4, 0.5) is 0 Å². The molecule has 0 aliphatic carbocycles. The third-order valence-corrected chi connectivity index (χ3v) is 4.56. The molecule has 1 amide bonds. The van der Waals surface area contributed by atoms with Crippen LogP contribution in [0.15, 0.2) is 48.5 Å². The lowest BCUT2D eigenvalue weighted by atomic mass is 10.0. The Hall–Kier alpha value is -3.61. The Morgan fingerprint density at radius 2 is 1.83 bits per heavy atom. The van der Waals surface area contributed by atoms with Gasteiger partial charge in [-0.3, -0.25) is 9.59 Å². The van der Waals surface area contributed by atoms with Gasteiger partial charge in [-0.15, -0.1) is 0 Å². The maximum atomic E-state index is 12.9. The number of carbonyl (C=O) groups is 2. The molecule has 1 aliphatic heterocycles. The van der Waals surface area contributed by atoms with Gasteiger partial charge in [-0.2, -0.15) is 0 Å². The number of amides is 1. The van der Waals surface area contributed by atoms with Gasteiger partial charge < -0.3 is 19.5 Å². The third-order valence-electron chi connectivity index (χ3n) is 4.56. The number of nitrogens with zero attached hydrogens (tertiary/aromatic N) is 1. The Labute approximate surface area is 174 Å². The second-order valence-corrected chi connectivity index (χ2v) is 7.15. The fourth-order valence-electron chi connectivity index (χ4n) is 3.27. The van der Waals surface area contributed by atoms with Crippen molar-refractivity contribution in [2.75, 3.05) is 19.8 Å². The van der Waals surface area contributed by atoms with Crippen molar-refractivity contribution in [1.82, 2.24) is 10.3 Å². The summed E-state index contributed by atoms with van der Waals surface area (Å²) in [5.74, 6) is 0.487. The number of fused-ring (bicyclic) bond motifs is 2. The number of hydrogen-bond acceptors (Lipinski definition) is 6. The van der Waals surface area contributed by atoms with E-state index in [4.69, 9.17) is 19.2 Å². The number of pyridine rings is 1. The highest BCUT2D eigenvalue weighted by molar-refractivity contribution is 6.07. The number of para-hydroxylation sites is 1. The highest BCUT2D eigenvalue weighted by Crippen LogP contribution is 2.35. The smallest absolute Gasteiger partial charge is 0.325 e. The standard InChI is InChI=1S/C23H22N2O5/c1-14(2)30-22(26)13-24-23(27)17-12-19(25-18-6-4-3-5-16(17)18)15-7-8-20-21(11-15)29-10-9-28-20/h3-8,11-12,14H,9-10,13H2,1-2H3,(H,24,27). The number of benzene rings is 2. The molecule has 4 rings (SSSR count). The molecule has 154 valence electrons. The van der Waals surface area contributed by atoms with Crippen molar-refractivity contribution in [3.8, 4) is 22.8 Å². The minimum atomic E-state index is -0.483. The quantitative estimate of drug-likeness (QED) is 0.654. The van der Waals surface area contributed by atoms with E-state index in [1.807, 2.05) is 42.5 Å². The van der Waals surface area contributed by atoms with Crippen molar-refractivity contribution in [3.63, 3.8) is 0 Å². The van der Waals surface area contributed by atoms with Crippen molar-refractivity contribution in [2.45, 2.75) is 20.0 Å². The largest absolute Gasteiger partial charge is 0.486 e. The van der Waals surface area contributed by atoms with Gasteiger partial charge in [0, 0.05) is 10.9 Å². The lowest BCUT2D eigenvalue weighted by molar-refractivity contribution is -0.146. The summed E-state index contributed by atoms with van der Waals surface area (Å²) in [6.07, 6.45) is -0.238. The zero-order valence-corrected chi connectivity index (χ0v) is 16.8. The van der Waals surface area contributed by atoms with Crippen LogP contribution in [0.5, 0.6) is 11.5 Å². The van der Waals surface area contributed by atoms with E-state index in [1.54, 1.807) is 19.9 Å². The second kappa shape index (κ2) is 8.41. The van der Waals surface area contributed by atoms with Crippen LogP contribution >= 0.6 is 0 Å². The van der Waals surface area contributed by atoms with Crippen LogP contribution in [0.1, 0.15) is 24.2 Å². The Morgan fingerprint density at radius 3 is 2.63 bits per heavy atom. The Bertz CT molecular complexity index is 1110.